The first-order valence-corrected chi connectivity index (χ1v) is 10.8. The zero-order chi connectivity index (χ0) is 19.4. The molecule has 0 heterocycles. The maximum absolute atomic E-state index is 5.83. The molecule has 0 radical (unpaired) electrons. The first kappa shape index (κ1) is 20.7. The van der Waals surface area contributed by atoms with Gasteiger partial charge in [0, 0.05) is 12.5 Å². The van der Waals surface area contributed by atoms with Crippen molar-refractivity contribution < 1.29 is 9.47 Å². The summed E-state index contributed by atoms with van der Waals surface area (Å²) in [7, 11) is 1.69. The molecule has 150 valence electrons. The number of methoxy groups -OCH3 is 1. The molecule has 0 spiro atoms. The molecule has 2 aromatic rings. The summed E-state index contributed by atoms with van der Waals surface area (Å²) in [5.41, 5.74) is 2.67. The van der Waals surface area contributed by atoms with Crippen molar-refractivity contribution in [2.75, 3.05) is 13.7 Å². The lowest BCUT2D eigenvalue weighted by Gasteiger charge is -2.28. The average Bonchev–Trinajstić information content (AvgIpc) is 2.77. The molecule has 0 aromatic heterocycles. The monoisotopic (exact) mass is 378 g/mol. The van der Waals surface area contributed by atoms with Gasteiger partial charge in [0.1, 0.15) is 5.75 Å². The van der Waals surface area contributed by atoms with E-state index < -0.39 is 0 Å². The Balaban J connectivity index is 1.42. The van der Waals surface area contributed by atoms with Crippen molar-refractivity contribution in [2.24, 2.45) is 5.92 Å². The van der Waals surface area contributed by atoms with Crippen LogP contribution >= 0.6 is 0 Å². The lowest BCUT2D eigenvalue weighted by atomic mass is 9.76. The van der Waals surface area contributed by atoms with Gasteiger partial charge >= 0.3 is 0 Å². The third kappa shape index (κ3) is 6.53. The molecule has 1 fully saturated rings. The number of rotatable bonds is 10. The first-order chi connectivity index (χ1) is 13.9. The smallest absolute Gasteiger partial charge is 0.118 e. The predicted octanol–water partition coefficient (Wildman–Crippen LogP) is 6.91. The molecule has 0 aliphatic heterocycles. The Morgan fingerprint density at radius 2 is 1.71 bits per heavy atom. The molecule has 0 saturated heterocycles. The van der Waals surface area contributed by atoms with E-state index in [2.05, 4.69) is 54.6 Å². The lowest BCUT2D eigenvalue weighted by Crippen LogP contribution is -2.14. The number of benzene rings is 2. The third-order valence-corrected chi connectivity index (χ3v) is 5.77. The van der Waals surface area contributed by atoms with Crippen LogP contribution in [0.2, 0.25) is 0 Å². The van der Waals surface area contributed by atoms with Gasteiger partial charge in [-0.3, -0.25) is 0 Å². The summed E-state index contributed by atoms with van der Waals surface area (Å²) in [6.07, 6.45) is 13.9. The van der Waals surface area contributed by atoms with Crippen LogP contribution in [0.1, 0.15) is 62.0 Å². The summed E-state index contributed by atoms with van der Waals surface area (Å²) < 4.78 is 11.0. The Labute approximate surface area is 170 Å². The van der Waals surface area contributed by atoms with E-state index in [1.807, 2.05) is 12.1 Å². The number of hydrogen-bond acceptors (Lipinski definition) is 2. The molecule has 0 bridgehead atoms. The molecule has 28 heavy (non-hydrogen) atoms. The van der Waals surface area contributed by atoms with Gasteiger partial charge in [0.15, 0.2) is 0 Å². The molecule has 2 heteroatoms. The second-order valence-electron chi connectivity index (χ2n) is 7.81. The summed E-state index contributed by atoms with van der Waals surface area (Å²) >= 11 is 0. The molecule has 2 aromatic carbocycles. The van der Waals surface area contributed by atoms with Crippen LogP contribution in [0.5, 0.6) is 5.75 Å². The summed E-state index contributed by atoms with van der Waals surface area (Å²) in [5.74, 6) is 2.26. The summed E-state index contributed by atoms with van der Waals surface area (Å²) in [6.45, 7) is 1.47. The largest absolute Gasteiger partial charge is 0.497 e. The van der Waals surface area contributed by atoms with E-state index in [1.54, 1.807) is 7.11 Å². The van der Waals surface area contributed by atoms with Crippen molar-refractivity contribution in [1.29, 1.82) is 0 Å². The maximum Gasteiger partial charge on any atom is 0.118 e. The van der Waals surface area contributed by atoms with Crippen molar-refractivity contribution >= 4 is 0 Å². The van der Waals surface area contributed by atoms with Crippen molar-refractivity contribution in [3.8, 4) is 5.75 Å². The number of ether oxygens (including phenoxy) is 2. The van der Waals surface area contributed by atoms with Crippen LogP contribution < -0.4 is 4.74 Å². The van der Waals surface area contributed by atoms with Crippen molar-refractivity contribution in [3.63, 3.8) is 0 Å². The Hall–Kier alpha value is -2.06. The fraction of sp³-hybridized carbons (Fsp3) is 0.462. The fourth-order valence-electron chi connectivity index (χ4n) is 4.17. The van der Waals surface area contributed by atoms with E-state index in [9.17, 15) is 0 Å². The Morgan fingerprint density at radius 1 is 0.964 bits per heavy atom. The van der Waals surface area contributed by atoms with Crippen LogP contribution in [0.15, 0.2) is 66.7 Å². The highest BCUT2D eigenvalue weighted by molar-refractivity contribution is 5.27. The number of hydrogen-bond donors (Lipinski definition) is 0. The van der Waals surface area contributed by atoms with Crippen LogP contribution in [-0.4, -0.2) is 13.7 Å². The summed E-state index contributed by atoms with van der Waals surface area (Å²) in [4.78, 5) is 0. The molecule has 1 aliphatic carbocycles. The van der Waals surface area contributed by atoms with Gasteiger partial charge in [0.05, 0.1) is 13.7 Å². The van der Waals surface area contributed by atoms with Crippen molar-refractivity contribution in [1.82, 2.24) is 0 Å². The highest BCUT2D eigenvalue weighted by atomic mass is 16.5. The molecule has 1 aliphatic rings. The molecule has 2 nitrogen and oxygen atoms in total. The molecular formula is C26H34O2. The standard InChI is InChI=1S/C26H34O2/c1-27-25-18-16-22(17-19-25)21-28-20-10-4-9-15-26(23-11-5-2-6-12-23)24-13-7-3-8-14-24/h2,5-6,9,11-12,15-19,24,26H,3-4,7-8,10,13-14,20-21H2,1H3/b15-9+/t26-/m0/s1. The summed E-state index contributed by atoms with van der Waals surface area (Å²) in [5, 5.41) is 0. The van der Waals surface area contributed by atoms with E-state index >= 15 is 0 Å². The highest BCUT2D eigenvalue weighted by Crippen LogP contribution is 2.37. The SMILES string of the molecule is COc1ccc(COCCC/C=C/[C@@H](c2ccccc2)C2CCCCC2)cc1. The van der Waals surface area contributed by atoms with E-state index in [1.165, 1.54) is 43.2 Å². The highest BCUT2D eigenvalue weighted by Gasteiger charge is 2.22. The molecule has 0 unspecified atom stereocenters. The lowest BCUT2D eigenvalue weighted by molar-refractivity contribution is 0.119. The minimum Gasteiger partial charge on any atom is -0.497 e. The number of allylic oxidation sites excluding steroid dienone is 2. The zero-order valence-corrected chi connectivity index (χ0v) is 17.2. The van der Waals surface area contributed by atoms with Gasteiger partial charge in [-0.1, -0.05) is 73.9 Å². The topological polar surface area (TPSA) is 18.5 Å². The average molecular weight is 379 g/mol. The predicted molar refractivity (Wildman–Crippen MR) is 117 cm³/mol. The zero-order valence-electron chi connectivity index (χ0n) is 17.2. The molecule has 3 rings (SSSR count). The Morgan fingerprint density at radius 3 is 2.43 bits per heavy atom. The third-order valence-electron chi connectivity index (χ3n) is 5.77. The maximum atomic E-state index is 5.83. The van der Waals surface area contributed by atoms with Gasteiger partial charge in [0.2, 0.25) is 0 Å². The van der Waals surface area contributed by atoms with Crippen LogP contribution in [0.25, 0.3) is 0 Å². The minimum atomic E-state index is 0.571. The normalized spacial score (nSPS) is 16.3. The minimum absolute atomic E-state index is 0.571. The fourth-order valence-corrected chi connectivity index (χ4v) is 4.17. The van der Waals surface area contributed by atoms with Gasteiger partial charge in [-0.25, -0.2) is 0 Å². The number of unbranched alkanes of at least 4 members (excludes halogenated alkanes) is 1. The molecule has 1 atom stereocenters. The van der Waals surface area contributed by atoms with Crippen LogP contribution in [0.3, 0.4) is 0 Å². The van der Waals surface area contributed by atoms with Crippen molar-refractivity contribution in [3.05, 3.63) is 77.9 Å². The van der Waals surface area contributed by atoms with E-state index in [0.717, 1.165) is 31.1 Å². The van der Waals surface area contributed by atoms with Crippen LogP contribution in [0, 0.1) is 5.92 Å². The van der Waals surface area contributed by atoms with Gasteiger partial charge in [0.25, 0.3) is 0 Å². The molecule has 0 N–H and O–H groups in total. The summed E-state index contributed by atoms with van der Waals surface area (Å²) in [6, 6.07) is 19.1. The van der Waals surface area contributed by atoms with Gasteiger partial charge in [-0.05, 0) is 54.9 Å². The first-order valence-electron chi connectivity index (χ1n) is 10.8. The van der Waals surface area contributed by atoms with E-state index in [0.29, 0.717) is 12.5 Å². The van der Waals surface area contributed by atoms with E-state index in [4.69, 9.17) is 9.47 Å². The van der Waals surface area contributed by atoms with Crippen molar-refractivity contribution in [2.45, 2.75) is 57.5 Å². The second kappa shape index (κ2) is 11.7. The van der Waals surface area contributed by atoms with E-state index in [-0.39, 0.29) is 0 Å². The van der Waals surface area contributed by atoms with Gasteiger partial charge in [-0.2, -0.15) is 0 Å². The quantitative estimate of drug-likeness (QED) is 0.330. The Kier molecular flexibility index (Phi) is 8.64. The molecule has 0 amide bonds. The van der Waals surface area contributed by atoms with Crippen LogP contribution in [0.4, 0.5) is 0 Å². The second-order valence-corrected chi connectivity index (χ2v) is 7.81. The van der Waals surface area contributed by atoms with Gasteiger partial charge in [-0.15, -0.1) is 0 Å². The van der Waals surface area contributed by atoms with Gasteiger partial charge < -0.3 is 9.47 Å². The van der Waals surface area contributed by atoms with Crippen LogP contribution in [-0.2, 0) is 11.3 Å². The Bertz CT molecular complexity index is 684. The molecule has 1 saturated carbocycles. The molecular weight excluding hydrogens is 344 g/mol.